The molecule has 0 spiro atoms. The Morgan fingerprint density at radius 1 is 1.00 bits per heavy atom. The predicted octanol–water partition coefficient (Wildman–Crippen LogP) is 2.54. The molecule has 0 saturated carbocycles. The van der Waals surface area contributed by atoms with Gasteiger partial charge in [-0.05, 0) is 69.7 Å². The molecule has 1 aromatic carbocycles. The third-order valence-electron chi connectivity index (χ3n) is 11.3. The zero-order valence-corrected chi connectivity index (χ0v) is 26.1. The summed E-state index contributed by atoms with van der Waals surface area (Å²) in [5, 5.41) is 6.51. The number of benzene rings is 1. The summed E-state index contributed by atoms with van der Waals surface area (Å²) >= 11 is 0. The van der Waals surface area contributed by atoms with Crippen LogP contribution in [-0.2, 0) is 16.1 Å². The van der Waals surface area contributed by atoms with Crippen LogP contribution < -0.4 is 20.3 Å². The summed E-state index contributed by atoms with van der Waals surface area (Å²) in [6.07, 6.45) is 8.67. The van der Waals surface area contributed by atoms with Crippen molar-refractivity contribution >= 4 is 34.4 Å². The van der Waals surface area contributed by atoms with Gasteiger partial charge in [-0.3, -0.25) is 29.6 Å². The minimum atomic E-state index is -0.769. The van der Waals surface area contributed by atoms with Crippen molar-refractivity contribution in [1.29, 1.82) is 0 Å². The number of aromatic nitrogens is 3. The number of piperazine rings is 1. The molecule has 3 unspecified atom stereocenters. The molecular weight excluding hydrogens is 603 g/mol. The minimum absolute atomic E-state index is 0.0138. The number of imide groups is 1. The molecule has 5 fully saturated rings. The molecule has 8 heterocycles. The van der Waals surface area contributed by atoms with E-state index in [9.17, 15) is 14.4 Å². The van der Waals surface area contributed by atoms with E-state index in [0.717, 1.165) is 64.7 Å². The summed E-state index contributed by atoms with van der Waals surface area (Å²) in [6.45, 7) is 4.24. The topological polar surface area (TPSA) is 133 Å². The molecule has 47 heavy (non-hydrogen) atoms. The third-order valence-corrected chi connectivity index (χ3v) is 11.3. The summed E-state index contributed by atoms with van der Waals surface area (Å²) in [5.41, 5.74) is 1.67. The molecule has 3 aromatic rings. The van der Waals surface area contributed by atoms with Gasteiger partial charge < -0.3 is 19.9 Å². The average Bonchev–Trinajstić information content (AvgIpc) is 3.83. The summed E-state index contributed by atoms with van der Waals surface area (Å²) in [4.78, 5) is 58.3. The standard InChI is InChI=1S/C34H37FN8O4/c35-27-28(21-4-1-5-22-24(21)17-43(32(22)46)25-8-9-26(44)38-31(25)45)36-14-23-29(27)39-33(47-18-34-10-2-12-42(34)13-3-11-34)40-30(23)41-15-19-6-7-20(16-41)37-19/h1,4-5,14,19-20,25,37H,2-3,6-13,15-18H2,(H,38,44,45). The van der Waals surface area contributed by atoms with Crippen molar-refractivity contribution in [2.75, 3.05) is 37.7 Å². The Morgan fingerprint density at radius 2 is 1.77 bits per heavy atom. The number of ether oxygens (including phenoxy) is 1. The molecule has 5 saturated heterocycles. The molecule has 2 bridgehead atoms. The van der Waals surface area contributed by atoms with Crippen LogP contribution in [0.3, 0.4) is 0 Å². The normalized spacial score (nSPS) is 26.7. The van der Waals surface area contributed by atoms with Crippen LogP contribution >= 0.6 is 0 Å². The second kappa shape index (κ2) is 10.9. The van der Waals surface area contributed by atoms with E-state index in [4.69, 9.17) is 9.72 Å². The maximum absolute atomic E-state index is 16.9. The van der Waals surface area contributed by atoms with E-state index in [1.54, 1.807) is 24.4 Å². The maximum Gasteiger partial charge on any atom is 0.319 e. The van der Waals surface area contributed by atoms with Gasteiger partial charge in [0.25, 0.3) is 5.91 Å². The van der Waals surface area contributed by atoms with Crippen LogP contribution in [0.1, 0.15) is 67.3 Å². The number of nitrogens with zero attached hydrogens (tertiary/aromatic N) is 6. The lowest BCUT2D eigenvalue weighted by atomic mass is 9.95. The van der Waals surface area contributed by atoms with Gasteiger partial charge in [-0.2, -0.15) is 9.97 Å². The predicted molar refractivity (Wildman–Crippen MR) is 169 cm³/mol. The second-order valence-electron chi connectivity index (χ2n) is 14.0. The molecule has 6 aliphatic rings. The highest BCUT2D eigenvalue weighted by Crippen LogP contribution is 2.41. The number of rotatable bonds is 6. The van der Waals surface area contributed by atoms with Crippen LogP contribution in [0.15, 0.2) is 24.4 Å². The van der Waals surface area contributed by atoms with Gasteiger partial charge in [0.15, 0.2) is 5.82 Å². The fourth-order valence-electron chi connectivity index (χ4n) is 8.95. The van der Waals surface area contributed by atoms with Crippen LogP contribution in [0.5, 0.6) is 6.01 Å². The zero-order valence-electron chi connectivity index (χ0n) is 26.1. The summed E-state index contributed by atoms with van der Waals surface area (Å²) in [5.74, 6) is -1.13. The molecular formula is C34H37FN8O4. The molecule has 3 atom stereocenters. The van der Waals surface area contributed by atoms with E-state index in [1.165, 1.54) is 4.90 Å². The van der Waals surface area contributed by atoms with Gasteiger partial charge in [-0.1, -0.05) is 12.1 Å². The lowest BCUT2D eigenvalue weighted by molar-refractivity contribution is -0.136. The first-order valence-corrected chi connectivity index (χ1v) is 16.9. The van der Waals surface area contributed by atoms with E-state index < -0.39 is 17.8 Å². The molecule has 0 aliphatic carbocycles. The van der Waals surface area contributed by atoms with Crippen LogP contribution in [0.4, 0.5) is 10.2 Å². The number of hydrogen-bond donors (Lipinski definition) is 2. The fourth-order valence-corrected chi connectivity index (χ4v) is 8.95. The van der Waals surface area contributed by atoms with Crippen LogP contribution in [-0.4, -0.2) is 98.9 Å². The third kappa shape index (κ3) is 4.68. The van der Waals surface area contributed by atoms with E-state index in [2.05, 4.69) is 30.4 Å². The number of hydrogen-bond acceptors (Lipinski definition) is 10. The SMILES string of the molecule is O=C1CCC(N2Cc3c(cccc3-c3ncc4c(N5CC6CCC(C5)N6)nc(OCC56CCCN5CCC6)nc4c3F)C2=O)C(=O)N1. The second-order valence-corrected chi connectivity index (χ2v) is 14.0. The maximum atomic E-state index is 16.9. The molecule has 3 amide bonds. The number of carbonyl (C=O) groups is 3. The van der Waals surface area contributed by atoms with Crippen LogP contribution in [0, 0.1) is 5.82 Å². The highest BCUT2D eigenvalue weighted by atomic mass is 19.1. The molecule has 2 aromatic heterocycles. The fraction of sp³-hybridized carbons (Fsp3) is 0.529. The lowest BCUT2D eigenvalue weighted by Gasteiger charge is -2.34. The quantitative estimate of drug-likeness (QED) is 0.388. The summed E-state index contributed by atoms with van der Waals surface area (Å²) in [7, 11) is 0. The zero-order chi connectivity index (χ0) is 31.9. The smallest absolute Gasteiger partial charge is 0.319 e. The van der Waals surface area contributed by atoms with Gasteiger partial charge >= 0.3 is 6.01 Å². The lowest BCUT2D eigenvalue weighted by Crippen LogP contribution is -2.52. The van der Waals surface area contributed by atoms with Crippen LogP contribution in [0.25, 0.3) is 22.2 Å². The first-order chi connectivity index (χ1) is 22.9. The Labute approximate surface area is 271 Å². The average molecular weight is 641 g/mol. The molecule has 13 heteroatoms. The van der Waals surface area contributed by atoms with Gasteiger partial charge in [0.05, 0.1) is 10.9 Å². The monoisotopic (exact) mass is 640 g/mol. The number of amides is 3. The van der Waals surface area contributed by atoms with Crippen LogP contribution in [0.2, 0.25) is 0 Å². The Kier molecular flexibility index (Phi) is 6.72. The van der Waals surface area contributed by atoms with Crippen molar-refractivity contribution in [3.05, 3.63) is 41.3 Å². The minimum Gasteiger partial charge on any atom is -0.461 e. The van der Waals surface area contributed by atoms with Gasteiger partial charge in [0, 0.05) is 55.5 Å². The molecule has 0 radical (unpaired) electrons. The van der Waals surface area contributed by atoms with Gasteiger partial charge in [0.1, 0.15) is 29.7 Å². The number of fused-ring (bicyclic) bond motifs is 5. The van der Waals surface area contributed by atoms with Crippen molar-refractivity contribution in [3.8, 4) is 17.3 Å². The van der Waals surface area contributed by atoms with Crippen molar-refractivity contribution in [3.63, 3.8) is 0 Å². The van der Waals surface area contributed by atoms with E-state index >= 15 is 4.39 Å². The first kappa shape index (κ1) is 29.0. The highest BCUT2D eigenvalue weighted by Gasteiger charge is 2.45. The van der Waals surface area contributed by atoms with Crippen molar-refractivity contribution < 1.29 is 23.5 Å². The number of anilines is 1. The van der Waals surface area contributed by atoms with E-state index in [-0.39, 0.29) is 54.0 Å². The Hall–Kier alpha value is -4.23. The largest absolute Gasteiger partial charge is 0.461 e. The molecule has 12 nitrogen and oxygen atoms in total. The van der Waals surface area contributed by atoms with E-state index in [0.29, 0.717) is 46.6 Å². The van der Waals surface area contributed by atoms with Gasteiger partial charge in [-0.15, -0.1) is 0 Å². The Morgan fingerprint density at radius 3 is 2.53 bits per heavy atom. The highest BCUT2D eigenvalue weighted by molar-refractivity contribution is 6.06. The number of carbonyl (C=O) groups excluding carboxylic acids is 3. The molecule has 9 rings (SSSR count). The van der Waals surface area contributed by atoms with Gasteiger partial charge in [0.2, 0.25) is 11.8 Å². The molecule has 6 aliphatic heterocycles. The van der Waals surface area contributed by atoms with Gasteiger partial charge in [-0.25, -0.2) is 4.39 Å². The Bertz CT molecular complexity index is 1810. The van der Waals surface area contributed by atoms with E-state index in [1.807, 2.05) is 0 Å². The van der Waals surface area contributed by atoms with Crippen molar-refractivity contribution in [2.24, 2.45) is 0 Å². The van der Waals surface area contributed by atoms with Crippen molar-refractivity contribution in [2.45, 2.75) is 81.6 Å². The number of pyridine rings is 1. The number of piperidine rings is 1. The number of halogens is 1. The first-order valence-electron chi connectivity index (χ1n) is 16.9. The molecule has 2 N–H and O–H groups in total. The van der Waals surface area contributed by atoms with Crippen molar-refractivity contribution in [1.82, 2.24) is 35.4 Å². The summed E-state index contributed by atoms with van der Waals surface area (Å²) in [6, 6.07) is 5.23. The molecule has 244 valence electrons. The summed E-state index contributed by atoms with van der Waals surface area (Å²) < 4.78 is 23.3. The Balaban J connectivity index is 1.10. The number of nitrogens with one attached hydrogen (secondary N) is 2.